The van der Waals surface area contributed by atoms with Crippen molar-refractivity contribution in [1.82, 2.24) is 4.90 Å². The molecule has 0 aromatic heterocycles. The quantitative estimate of drug-likeness (QED) is 0.117. The van der Waals surface area contributed by atoms with Crippen molar-refractivity contribution in [3.63, 3.8) is 0 Å². The van der Waals surface area contributed by atoms with Crippen LogP contribution in [0.15, 0.2) is 48.1 Å². The van der Waals surface area contributed by atoms with Crippen LogP contribution in [0.1, 0.15) is 97.9 Å². The van der Waals surface area contributed by atoms with Crippen LogP contribution in [-0.4, -0.2) is 194 Å². The van der Waals surface area contributed by atoms with Crippen LogP contribution in [0.5, 0.6) is 5.75 Å². The number of nitrogens with zero attached hydrogens (tertiary/aromatic N) is 1. The molecule has 0 spiro atoms. The van der Waals surface area contributed by atoms with Gasteiger partial charge in [0, 0.05) is 44.0 Å². The maximum absolute atomic E-state index is 14.1. The predicted octanol–water partition coefficient (Wildman–Crippen LogP) is 3.53. The number of carbonyl (C=O) groups excluding carboxylic acids is 3. The number of hydrogen-bond donors (Lipinski definition) is 5. The van der Waals surface area contributed by atoms with Crippen molar-refractivity contribution in [2.24, 2.45) is 23.7 Å². The number of allylic oxidation sites excluding steroid dienone is 3. The molecule has 5 rings (SSSR count). The van der Waals surface area contributed by atoms with Gasteiger partial charge in [0.05, 0.1) is 61.8 Å². The third-order valence-electron chi connectivity index (χ3n) is 14.8. The fraction of sp³-hybridized carbons (Fsp3) is 0.755. The highest BCUT2D eigenvalue weighted by molar-refractivity contribution is 5.91. The van der Waals surface area contributed by atoms with E-state index in [0.717, 1.165) is 6.29 Å². The summed E-state index contributed by atoms with van der Waals surface area (Å²) in [6.45, 7) is 14.0. The molecule has 19 nitrogen and oxygen atoms in total. The molecule has 4 aliphatic heterocycles. The Kier molecular flexibility index (Phi) is 22.4. The van der Waals surface area contributed by atoms with E-state index in [1.807, 2.05) is 26.8 Å². The molecular formula is C53H83NO18. The summed E-state index contributed by atoms with van der Waals surface area (Å²) in [6, 6.07) is 5.89. The first-order valence-electron chi connectivity index (χ1n) is 25.4. The van der Waals surface area contributed by atoms with E-state index in [1.165, 1.54) is 27.2 Å². The number of likely N-dealkylation sites (N-methyl/N-ethyl adjacent to an activating group) is 1. The van der Waals surface area contributed by atoms with E-state index in [2.05, 4.69) is 0 Å². The van der Waals surface area contributed by atoms with Crippen molar-refractivity contribution in [3.05, 3.63) is 53.6 Å². The number of methoxy groups -OCH3 is 2. The van der Waals surface area contributed by atoms with Gasteiger partial charge in [-0.3, -0.25) is 14.4 Å². The lowest BCUT2D eigenvalue weighted by Gasteiger charge is -2.50. The summed E-state index contributed by atoms with van der Waals surface area (Å²) in [7, 11) is 6.48. The zero-order valence-electron chi connectivity index (χ0n) is 44.1. The van der Waals surface area contributed by atoms with E-state index in [9.17, 15) is 39.9 Å². The van der Waals surface area contributed by atoms with Crippen molar-refractivity contribution < 1.29 is 87.3 Å². The Hall–Kier alpha value is -3.25. The number of ether oxygens (including phenoxy) is 10. The Bertz CT molecular complexity index is 1930. The van der Waals surface area contributed by atoms with Crippen molar-refractivity contribution in [1.29, 1.82) is 0 Å². The number of carbonyl (C=O) groups is 3. The van der Waals surface area contributed by atoms with Crippen LogP contribution >= 0.6 is 0 Å². The first kappa shape index (κ1) is 59.6. The number of rotatable bonds is 16. The molecule has 1 aromatic carbocycles. The largest absolute Gasteiger partial charge is 0.494 e. The molecule has 4 aliphatic rings. The van der Waals surface area contributed by atoms with Gasteiger partial charge in [0.2, 0.25) is 0 Å². The van der Waals surface area contributed by atoms with Crippen LogP contribution < -0.4 is 4.74 Å². The average Bonchev–Trinajstić information content (AvgIpc) is 3.33. The van der Waals surface area contributed by atoms with E-state index in [1.54, 1.807) is 77.0 Å². The van der Waals surface area contributed by atoms with Crippen LogP contribution in [0, 0.1) is 23.7 Å². The van der Waals surface area contributed by atoms with Crippen LogP contribution in [0.25, 0.3) is 0 Å². The maximum Gasteiger partial charge on any atom is 0.308 e. The minimum Gasteiger partial charge on any atom is -0.494 e. The van der Waals surface area contributed by atoms with E-state index in [0.29, 0.717) is 29.7 Å². The maximum atomic E-state index is 14.1. The van der Waals surface area contributed by atoms with E-state index < -0.39 is 140 Å². The average molecular weight is 1020 g/mol. The second-order valence-electron chi connectivity index (χ2n) is 20.7. The summed E-state index contributed by atoms with van der Waals surface area (Å²) in [4.78, 5) is 41.3. The molecule has 0 saturated carbocycles. The molecule has 21 atom stereocenters. The number of aliphatic hydroxyl groups excluding tert-OH is 4. The monoisotopic (exact) mass is 1020 g/mol. The number of aldehydes is 1. The molecule has 3 saturated heterocycles. The molecule has 5 N–H and O–H groups in total. The number of ketones is 1. The molecule has 19 heteroatoms. The van der Waals surface area contributed by atoms with Crippen LogP contribution in [0.2, 0.25) is 0 Å². The zero-order valence-corrected chi connectivity index (χ0v) is 44.1. The first-order chi connectivity index (χ1) is 34.0. The van der Waals surface area contributed by atoms with Gasteiger partial charge in [-0.05, 0) is 104 Å². The summed E-state index contributed by atoms with van der Waals surface area (Å²) in [5.74, 6) is -2.86. The van der Waals surface area contributed by atoms with Crippen molar-refractivity contribution >= 4 is 18.0 Å². The second kappa shape index (κ2) is 27.0. The highest BCUT2D eigenvalue weighted by atomic mass is 16.7. The fourth-order valence-corrected chi connectivity index (χ4v) is 10.4. The number of aliphatic hydroxyl groups is 5. The van der Waals surface area contributed by atoms with Gasteiger partial charge in [-0.2, -0.15) is 0 Å². The zero-order chi connectivity index (χ0) is 53.2. The molecule has 0 aliphatic carbocycles. The normalized spacial score (nSPS) is 42.1. The highest BCUT2D eigenvalue weighted by Crippen LogP contribution is 2.38. The summed E-state index contributed by atoms with van der Waals surface area (Å²) in [6.07, 6.45) is -7.92. The van der Waals surface area contributed by atoms with E-state index in [4.69, 9.17) is 47.4 Å². The number of hydrogen-bond acceptors (Lipinski definition) is 19. The van der Waals surface area contributed by atoms with E-state index in [-0.39, 0.29) is 31.8 Å². The molecule has 4 heterocycles. The minimum atomic E-state index is -1.50. The molecule has 0 amide bonds. The lowest BCUT2D eigenvalue weighted by Crippen LogP contribution is -2.65. The van der Waals surface area contributed by atoms with Gasteiger partial charge in [-0.25, -0.2) is 0 Å². The standard InChI is InChI=1S/C53H83NO18/c1-13-40-36(27-66-52-49(64-12)48(63-11)44(59)31(5)68-52)22-28(2)14-19-38(56)29(3)23-35(20-21-65-37-17-15-34(26-55)16-18-37)46(30(4)39(57)24-41(58)70-40)72-51-45(60)43(54(9)10)47(32(6)69-51)71-42-25-53(8,62)50(61)33(7)67-42/h14-19,22,26,29-33,35-36,39-40,42-52,57,59-62H,13,20-21,23-25,27H2,1-12H3/b19-14+,28-22+/t29-,30+,31-,32-,33+,35+,36-,39-,40-,42+,43-,44-,45-,46-,47-,48-,49-,50+,51+,52-,53-/m1/s1. The smallest absolute Gasteiger partial charge is 0.308 e. The Balaban J connectivity index is 1.46. The third-order valence-corrected chi connectivity index (χ3v) is 14.8. The van der Waals surface area contributed by atoms with Gasteiger partial charge in [-0.15, -0.1) is 0 Å². The molecule has 0 unspecified atom stereocenters. The lowest BCUT2D eigenvalue weighted by molar-refractivity contribution is -0.342. The second-order valence-corrected chi connectivity index (χ2v) is 20.7. The SMILES string of the molecule is CC[C@H]1OC(=O)C[C@@H](O)[C@H](C)[C@@H](O[C@@H]2O[C@H](C)[C@@H](O[C@H]3C[C@@](C)(O)[C@@H](O)[C@H](C)O3)[C@H](N(C)C)[C@H]2O)[C@@H](CCOc2ccc(C=O)cc2)C[C@@H](C)C(=O)/C=C/C(C)=C/[C@@H]1CO[C@@H]1O[C@H](C)[C@@H](O)[C@@H](OC)[C@H]1OC. The Labute approximate surface area is 425 Å². The molecule has 0 bridgehead atoms. The van der Waals surface area contributed by atoms with E-state index >= 15 is 0 Å². The van der Waals surface area contributed by atoms with Crippen LogP contribution in [0.3, 0.4) is 0 Å². The van der Waals surface area contributed by atoms with Gasteiger partial charge >= 0.3 is 5.97 Å². The van der Waals surface area contributed by atoms with Crippen molar-refractivity contribution in [2.45, 2.75) is 191 Å². The van der Waals surface area contributed by atoms with Crippen molar-refractivity contribution in [3.8, 4) is 5.75 Å². The summed E-state index contributed by atoms with van der Waals surface area (Å²) < 4.78 is 61.6. The van der Waals surface area contributed by atoms with Gasteiger partial charge in [-0.1, -0.05) is 38.5 Å². The summed E-state index contributed by atoms with van der Waals surface area (Å²) >= 11 is 0. The van der Waals surface area contributed by atoms with Gasteiger partial charge in [0.25, 0.3) is 0 Å². The Morgan fingerprint density at radius 1 is 0.833 bits per heavy atom. The van der Waals surface area contributed by atoms with Gasteiger partial charge < -0.3 is 77.8 Å². The highest BCUT2D eigenvalue weighted by Gasteiger charge is 2.52. The molecular weight excluding hydrogens is 939 g/mol. The lowest BCUT2D eigenvalue weighted by atomic mass is 9.79. The Morgan fingerprint density at radius 2 is 1.50 bits per heavy atom. The Morgan fingerprint density at radius 3 is 2.11 bits per heavy atom. The molecule has 1 aromatic rings. The fourth-order valence-electron chi connectivity index (χ4n) is 10.4. The van der Waals surface area contributed by atoms with Gasteiger partial charge in [0.15, 0.2) is 24.7 Å². The minimum absolute atomic E-state index is 0.0103. The predicted molar refractivity (Wildman–Crippen MR) is 262 cm³/mol. The number of esters is 1. The first-order valence-corrected chi connectivity index (χ1v) is 25.4. The topological polar surface area (TPSA) is 248 Å². The number of cyclic esters (lactones) is 1. The van der Waals surface area contributed by atoms with Crippen molar-refractivity contribution in [2.75, 3.05) is 41.5 Å². The number of benzene rings is 1. The van der Waals surface area contributed by atoms with Crippen LogP contribution in [0.4, 0.5) is 0 Å². The van der Waals surface area contributed by atoms with Crippen LogP contribution in [-0.2, 0) is 52.2 Å². The molecule has 3 fully saturated rings. The molecule has 408 valence electrons. The molecule has 0 radical (unpaired) electrons. The molecule has 72 heavy (non-hydrogen) atoms. The van der Waals surface area contributed by atoms with Gasteiger partial charge in [0.1, 0.15) is 54.8 Å². The summed E-state index contributed by atoms with van der Waals surface area (Å²) in [5.41, 5.74) is -0.323. The summed E-state index contributed by atoms with van der Waals surface area (Å²) in [5, 5.41) is 56.6. The third kappa shape index (κ3) is 15.2.